The number of hydrogen-bond acceptors (Lipinski definition) is 4. The summed E-state index contributed by atoms with van der Waals surface area (Å²) in [5.41, 5.74) is -2.51. The zero-order valence-electron chi connectivity index (χ0n) is 18.0. The monoisotopic (exact) mass is 544 g/mol. The number of amides is 2. The summed E-state index contributed by atoms with van der Waals surface area (Å²) in [6, 6.07) is 5.43. The molecule has 188 valence electrons. The van der Waals surface area contributed by atoms with E-state index in [0.717, 1.165) is 30.5 Å². The van der Waals surface area contributed by atoms with Crippen LogP contribution < -0.4 is 10.6 Å². The summed E-state index contributed by atoms with van der Waals surface area (Å²) in [5.74, 6) is -4.00. The first-order valence-electron chi connectivity index (χ1n) is 9.98. The first-order valence-corrected chi connectivity index (χ1v) is 12.2. The number of rotatable bonds is 4. The van der Waals surface area contributed by atoms with Crippen LogP contribution in [0.15, 0.2) is 53.4 Å². The highest BCUT2D eigenvalue weighted by Crippen LogP contribution is 2.41. The molecule has 1 aliphatic heterocycles. The van der Waals surface area contributed by atoms with E-state index in [4.69, 9.17) is 11.6 Å². The highest BCUT2D eigenvalue weighted by molar-refractivity contribution is 7.90. The Morgan fingerprint density at radius 3 is 2.36 bits per heavy atom. The van der Waals surface area contributed by atoms with Gasteiger partial charge in [-0.2, -0.15) is 13.2 Å². The van der Waals surface area contributed by atoms with Crippen LogP contribution in [0.5, 0.6) is 0 Å². The van der Waals surface area contributed by atoms with Crippen molar-refractivity contribution in [2.24, 2.45) is 0 Å². The number of benzene rings is 3. The van der Waals surface area contributed by atoms with Crippen molar-refractivity contribution in [1.29, 1.82) is 0 Å². The van der Waals surface area contributed by atoms with Crippen LogP contribution in [0.3, 0.4) is 0 Å². The molecular formula is C23H14ClF5N2O4S. The lowest BCUT2D eigenvalue weighted by Crippen LogP contribution is -2.21. The van der Waals surface area contributed by atoms with Gasteiger partial charge in [0.2, 0.25) is 0 Å². The van der Waals surface area contributed by atoms with Gasteiger partial charge in [-0.25, -0.2) is 17.2 Å². The molecule has 3 aromatic rings. The lowest BCUT2D eigenvalue weighted by molar-refractivity contribution is -0.137. The van der Waals surface area contributed by atoms with Crippen LogP contribution in [-0.4, -0.2) is 26.5 Å². The van der Waals surface area contributed by atoms with Crippen LogP contribution in [0.25, 0.3) is 0 Å². The van der Waals surface area contributed by atoms with Crippen molar-refractivity contribution in [3.63, 3.8) is 0 Å². The molecular weight excluding hydrogens is 531 g/mol. The number of anilines is 1. The molecule has 13 heteroatoms. The lowest BCUT2D eigenvalue weighted by Gasteiger charge is -2.19. The molecule has 2 N–H and O–H groups in total. The SMILES string of the molecule is CS(=O)(=O)c1cc(NC(=O)c2cc(F)cc(C(F)(F)F)c2)c2c(c1)C(=O)NC2c1cc(F)ccc1Cl. The average Bonchev–Trinajstić information content (AvgIpc) is 3.10. The van der Waals surface area contributed by atoms with Gasteiger partial charge in [0.1, 0.15) is 11.6 Å². The van der Waals surface area contributed by atoms with Crippen molar-refractivity contribution < 1.29 is 40.0 Å². The number of carbonyl (C=O) groups excluding carboxylic acids is 2. The van der Waals surface area contributed by atoms with E-state index in [1.165, 1.54) is 6.07 Å². The number of nitrogens with one attached hydrogen (secondary N) is 2. The van der Waals surface area contributed by atoms with Gasteiger partial charge in [-0.1, -0.05) is 11.6 Å². The second kappa shape index (κ2) is 8.86. The third-order valence-electron chi connectivity index (χ3n) is 5.39. The van der Waals surface area contributed by atoms with Gasteiger partial charge < -0.3 is 10.6 Å². The molecule has 36 heavy (non-hydrogen) atoms. The summed E-state index contributed by atoms with van der Waals surface area (Å²) in [7, 11) is -3.93. The zero-order chi connectivity index (χ0) is 26.6. The third-order valence-corrected chi connectivity index (χ3v) is 6.83. The molecule has 0 aromatic heterocycles. The molecule has 0 spiro atoms. The maximum absolute atomic E-state index is 14.0. The van der Waals surface area contributed by atoms with Gasteiger partial charge in [-0.3, -0.25) is 9.59 Å². The molecule has 1 heterocycles. The average molecular weight is 545 g/mol. The Balaban J connectivity index is 1.88. The second-order valence-electron chi connectivity index (χ2n) is 7.96. The molecule has 0 fully saturated rings. The largest absolute Gasteiger partial charge is 0.416 e. The molecule has 0 radical (unpaired) electrons. The van der Waals surface area contributed by atoms with Crippen LogP contribution >= 0.6 is 11.6 Å². The standard InChI is InChI=1S/C23H14ClF5N2O4S/c1-36(34,35)14-8-16-19(20(31-22(16)33)15-7-12(25)2-3-17(15)24)18(9-14)30-21(32)10-4-11(23(27,28)29)6-13(26)5-10/h2-9,20H,1H3,(H,30,32)(H,31,33). The summed E-state index contributed by atoms with van der Waals surface area (Å²) >= 11 is 6.18. The van der Waals surface area contributed by atoms with E-state index in [9.17, 15) is 40.0 Å². The summed E-state index contributed by atoms with van der Waals surface area (Å²) in [6.07, 6.45) is -4.10. The maximum atomic E-state index is 14.0. The Labute approximate surface area is 206 Å². The number of fused-ring (bicyclic) bond motifs is 1. The lowest BCUT2D eigenvalue weighted by atomic mass is 9.96. The van der Waals surface area contributed by atoms with Crippen molar-refractivity contribution in [1.82, 2.24) is 5.32 Å². The highest BCUT2D eigenvalue weighted by Gasteiger charge is 2.36. The van der Waals surface area contributed by atoms with Crippen molar-refractivity contribution in [3.05, 3.63) is 93.0 Å². The van der Waals surface area contributed by atoms with Crippen molar-refractivity contribution >= 4 is 38.9 Å². The number of carbonyl (C=O) groups is 2. The van der Waals surface area contributed by atoms with Crippen molar-refractivity contribution in [2.75, 3.05) is 11.6 Å². The number of sulfone groups is 1. The third kappa shape index (κ3) is 4.91. The number of alkyl halides is 3. The summed E-state index contributed by atoms with van der Waals surface area (Å²) < 4.78 is 91.5. The minimum Gasteiger partial charge on any atom is -0.341 e. The Morgan fingerprint density at radius 1 is 1.03 bits per heavy atom. The van der Waals surface area contributed by atoms with Gasteiger partial charge in [-0.15, -0.1) is 0 Å². The Kier molecular flexibility index (Phi) is 6.29. The zero-order valence-corrected chi connectivity index (χ0v) is 19.6. The summed E-state index contributed by atoms with van der Waals surface area (Å²) in [6.45, 7) is 0. The number of hydrogen-bond donors (Lipinski definition) is 2. The van der Waals surface area contributed by atoms with Crippen LogP contribution in [0.4, 0.5) is 27.6 Å². The molecule has 1 atom stereocenters. The fourth-order valence-corrected chi connectivity index (χ4v) is 4.66. The molecule has 0 saturated carbocycles. The molecule has 1 aliphatic rings. The fraction of sp³-hybridized carbons (Fsp3) is 0.130. The van der Waals surface area contributed by atoms with E-state index in [0.29, 0.717) is 12.1 Å². The van der Waals surface area contributed by atoms with Crippen LogP contribution in [0.1, 0.15) is 43.4 Å². The quantitative estimate of drug-likeness (QED) is 0.446. The van der Waals surface area contributed by atoms with Crippen LogP contribution in [0, 0.1) is 11.6 Å². The van der Waals surface area contributed by atoms with Gasteiger partial charge >= 0.3 is 6.18 Å². The van der Waals surface area contributed by atoms with E-state index in [1.54, 1.807) is 0 Å². The minimum absolute atomic E-state index is 0.000646. The maximum Gasteiger partial charge on any atom is 0.416 e. The first kappa shape index (κ1) is 25.6. The molecule has 3 aromatic carbocycles. The molecule has 0 bridgehead atoms. The first-order chi connectivity index (χ1) is 16.6. The van der Waals surface area contributed by atoms with Crippen molar-refractivity contribution in [3.8, 4) is 0 Å². The summed E-state index contributed by atoms with van der Waals surface area (Å²) in [5, 5.41) is 4.83. The van der Waals surface area contributed by atoms with E-state index >= 15 is 0 Å². The molecule has 6 nitrogen and oxygen atoms in total. The molecule has 4 rings (SSSR count). The Hall–Kier alpha value is -3.51. The topological polar surface area (TPSA) is 92.3 Å². The van der Waals surface area contributed by atoms with Gasteiger partial charge in [0.05, 0.1) is 16.5 Å². The van der Waals surface area contributed by atoms with Crippen molar-refractivity contribution in [2.45, 2.75) is 17.1 Å². The van der Waals surface area contributed by atoms with Crippen LogP contribution in [-0.2, 0) is 16.0 Å². The van der Waals surface area contributed by atoms with E-state index in [-0.39, 0.29) is 38.4 Å². The summed E-state index contributed by atoms with van der Waals surface area (Å²) in [4.78, 5) is 25.2. The highest BCUT2D eigenvalue weighted by atomic mass is 35.5. The fourth-order valence-electron chi connectivity index (χ4n) is 3.77. The molecule has 0 aliphatic carbocycles. The Bertz CT molecular complexity index is 1540. The second-order valence-corrected chi connectivity index (χ2v) is 10.4. The predicted molar refractivity (Wildman–Crippen MR) is 120 cm³/mol. The normalized spacial score (nSPS) is 15.4. The Morgan fingerprint density at radius 2 is 1.72 bits per heavy atom. The van der Waals surface area contributed by atoms with E-state index in [1.807, 2.05) is 0 Å². The van der Waals surface area contributed by atoms with E-state index in [2.05, 4.69) is 10.6 Å². The van der Waals surface area contributed by atoms with Gasteiger partial charge in [0.15, 0.2) is 9.84 Å². The van der Waals surface area contributed by atoms with Gasteiger partial charge in [0, 0.05) is 39.2 Å². The predicted octanol–water partition coefficient (Wildman–Crippen LogP) is 5.13. The molecule has 2 amide bonds. The minimum atomic E-state index is -4.94. The van der Waals surface area contributed by atoms with Gasteiger partial charge in [-0.05, 0) is 48.5 Å². The molecule has 0 saturated heterocycles. The number of halogens is 6. The smallest absolute Gasteiger partial charge is 0.341 e. The van der Waals surface area contributed by atoms with Gasteiger partial charge in [0.25, 0.3) is 11.8 Å². The molecule has 1 unspecified atom stereocenters. The van der Waals surface area contributed by atoms with E-state index < -0.39 is 56.6 Å². The van der Waals surface area contributed by atoms with Crippen LogP contribution in [0.2, 0.25) is 5.02 Å².